The van der Waals surface area contributed by atoms with E-state index in [-0.39, 0.29) is 40.9 Å². The summed E-state index contributed by atoms with van der Waals surface area (Å²) in [7, 11) is 0. The number of hydrogen-bond donors (Lipinski definition) is 2. The van der Waals surface area contributed by atoms with Crippen LogP contribution in [0.1, 0.15) is 58.1 Å². The average Bonchev–Trinajstić information content (AvgIpc) is 3.48. The predicted molar refractivity (Wildman–Crippen MR) is 126 cm³/mol. The van der Waals surface area contributed by atoms with Crippen LogP contribution in [0, 0.1) is 11.6 Å². The number of halogens is 8. The number of nitrogens with zero attached hydrogens (tertiary/aromatic N) is 4. The van der Waals surface area contributed by atoms with Gasteiger partial charge in [0.2, 0.25) is 0 Å². The molecular formula is C24H22F8N6S. The number of fused-ring (bicyclic) bond motifs is 1. The summed E-state index contributed by atoms with van der Waals surface area (Å²) in [5.41, 5.74) is -1.90. The van der Waals surface area contributed by atoms with E-state index < -0.39 is 41.5 Å². The standard InChI is InChI=1S/C24H22F8N6S/c25-16-1-2-17(26)15-11-34-21(33-10-14(15)16)18-12-39-22(35-18)13-3-5-37(6-4-13)7-8-38-20(24(30,31)32)9-19(36-38)23(27,28)29/h1-2,7-9,12-13,21,33-34H,3-6,10-11H2. The topological polar surface area (TPSA) is 58.0 Å². The van der Waals surface area contributed by atoms with Gasteiger partial charge in [0.1, 0.15) is 23.5 Å². The van der Waals surface area contributed by atoms with Crippen molar-refractivity contribution in [3.8, 4) is 0 Å². The first-order valence-corrected chi connectivity index (χ1v) is 12.8. The minimum Gasteiger partial charge on any atom is -0.376 e. The Kier molecular flexibility index (Phi) is 7.41. The molecule has 2 N–H and O–H groups in total. The maximum absolute atomic E-state index is 14.2. The van der Waals surface area contributed by atoms with E-state index >= 15 is 0 Å². The van der Waals surface area contributed by atoms with Crippen molar-refractivity contribution < 1.29 is 35.1 Å². The molecule has 2 aromatic heterocycles. The Morgan fingerprint density at radius 2 is 1.51 bits per heavy atom. The van der Waals surface area contributed by atoms with Gasteiger partial charge in [-0.2, -0.15) is 31.4 Å². The van der Waals surface area contributed by atoms with Crippen LogP contribution in [0.2, 0.25) is 0 Å². The zero-order valence-corrected chi connectivity index (χ0v) is 20.9. The second kappa shape index (κ2) is 10.5. The molecule has 1 saturated heterocycles. The lowest BCUT2D eigenvalue weighted by molar-refractivity contribution is -0.143. The van der Waals surface area contributed by atoms with Crippen LogP contribution in [0.15, 0.2) is 29.8 Å². The van der Waals surface area contributed by atoms with Crippen LogP contribution in [0.4, 0.5) is 35.1 Å². The van der Waals surface area contributed by atoms with E-state index in [1.54, 1.807) is 4.90 Å². The lowest BCUT2D eigenvalue weighted by Gasteiger charge is -2.30. The van der Waals surface area contributed by atoms with Crippen molar-refractivity contribution in [1.29, 1.82) is 0 Å². The Balaban J connectivity index is 1.20. The van der Waals surface area contributed by atoms with Crippen LogP contribution in [-0.2, 0) is 25.4 Å². The number of alkyl halides is 6. The summed E-state index contributed by atoms with van der Waals surface area (Å²) in [6.07, 6.45) is -6.96. The summed E-state index contributed by atoms with van der Waals surface area (Å²) in [5, 5.41) is 12.1. The minimum atomic E-state index is -5.00. The van der Waals surface area contributed by atoms with E-state index in [1.807, 2.05) is 5.38 Å². The van der Waals surface area contributed by atoms with Gasteiger partial charge >= 0.3 is 12.4 Å². The molecule has 0 radical (unpaired) electrons. The number of hydrogen-bond acceptors (Lipinski definition) is 6. The van der Waals surface area contributed by atoms with E-state index in [9.17, 15) is 35.1 Å². The monoisotopic (exact) mass is 578 g/mol. The van der Waals surface area contributed by atoms with Gasteiger partial charge in [0, 0.05) is 67.1 Å². The summed E-state index contributed by atoms with van der Waals surface area (Å²) >= 11 is 1.45. The maximum Gasteiger partial charge on any atom is 0.435 e. The van der Waals surface area contributed by atoms with E-state index in [4.69, 9.17) is 4.98 Å². The fraction of sp³-hybridized carbons (Fsp3) is 0.417. The fourth-order valence-corrected chi connectivity index (χ4v) is 5.66. The van der Waals surface area contributed by atoms with Crippen LogP contribution in [-0.4, -0.2) is 32.8 Å². The molecule has 15 heteroatoms. The number of aromatic nitrogens is 3. The molecule has 4 heterocycles. The first-order chi connectivity index (χ1) is 18.4. The third kappa shape index (κ3) is 5.94. The van der Waals surface area contributed by atoms with Crippen molar-refractivity contribution in [2.45, 2.75) is 50.4 Å². The summed E-state index contributed by atoms with van der Waals surface area (Å²) in [5.74, 6) is -0.883. The quantitative estimate of drug-likeness (QED) is 0.381. The van der Waals surface area contributed by atoms with Gasteiger partial charge in [-0.25, -0.2) is 18.4 Å². The van der Waals surface area contributed by atoms with Gasteiger partial charge in [-0.1, -0.05) is 0 Å². The van der Waals surface area contributed by atoms with Gasteiger partial charge in [0.05, 0.1) is 10.7 Å². The molecule has 6 nitrogen and oxygen atoms in total. The van der Waals surface area contributed by atoms with Crippen LogP contribution >= 0.6 is 11.3 Å². The van der Waals surface area contributed by atoms with Gasteiger partial charge in [-0.05, 0) is 25.0 Å². The molecule has 0 amide bonds. The smallest absolute Gasteiger partial charge is 0.376 e. The molecule has 0 aliphatic carbocycles. The highest BCUT2D eigenvalue weighted by Gasteiger charge is 2.41. The Bertz CT molecular complexity index is 1320. The Labute approximate surface area is 221 Å². The normalized spacial score (nSPS) is 18.1. The second-order valence-electron chi connectivity index (χ2n) is 9.26. The highest BCUT2D eigenvalue weighted by Crippen LogP contribution is 2.36. The Morgan fingerprint density at radius 3 is 2.08 bits per heavy atom. The molecule has 0 spiro atoms. The first-order valence-electron chi connectivity index (χ1n) is 11.9. The van der Waals surface area contributed by atoms with Crippen LogP contribution in [0.25, 0.3) is 6.20 Å². The molecule has 0 atom stereocenters. The van der Waals surface area contributed by atoms with Crippen molar-refractivity contribution in [1.82, 2.24) is 30.3 Å². The highest BCUT2D eigenvalue weighted by molar-refractivity contribution is 7.09. The molecule has 1 fully saturated rings. The molecule has 3 aromatic rings. The largest absolute Gasteiger partial charge is 0.435 e. The van der Waals surface area contributed by atoms with E-state index in [0.29, 0.717) is 31.6 Å². The highest BCUT2D eigenvalue weighted by atomic mass is 32.1. The number of benzene rings is 1. The van der Waals surface area contributed by atoms with Crippen molar-refractivity contribution in [2.24, 2.45) is 0 Å². The van der Waals surface area contributed by atoms with E-state index in [0.717, 1.165) is 23.3 Å². The third-order valence-electron chi connectivity index (χ3n) is 6.73. The molecule has 0 unspecified atom stereocenters. The van der Waals surface area contributed by atoms with Crippen LogP contribution in [0.3, 0.4) is 0 Å². The SMILES string of the molecule is Fc1ccc(F)c2c1CNC(c1csc(C3CCN(C=Cn4nc(C(F)(F)F)cc4C(F)(F)F)CC3)n1)NC2. The van der Waals surface area contributed by atoms with E-state index in [2.05, 4.69) is 15.7 Å². The third-order valence-corrected chi connectivity index (χ3v) is 7.76. The molecule has 0 bridgehead atoms. The summed E-state index contributed by atoms with van der Waals surface area (Å²) in [6.45, 7) is 1.17. The lowest BCUT2D eigenvalue weighted by atomic mass is 9.98. The lowest BCUT2D eigenvalue weighted by Crippen LogP contribution is -2.31. The molecule has 39 heavy (non-hydrogen) atoms. The minimum absolute atomic E-state index is 0.0136. The summed E-state index contributed by atoms with van der Waals surface area (Å²) < 4.78 is 107. The summed E-state index contributed by atoms with van der Waals surface area (Å²) in [4.78, 5) is 6.43. The van der Waals surface area contributed by atoms with Gasteiger partial charge < -0.3 is 4.90 Å². The number of thiazole rings is 1. The second-order valence-corrected chi connectivity index (χ2v) is 10.1. The molecule has 2 aliphatic heterocycles. The van der Waals surface area contributed by atoms with Gasteiger partial charge in [-0.15, -0.1) is 11.3 Å². The predicted octanol–water partition coefficient (Wildman–Crippen LogP) is 5.85. The number of rotatable bonds is 4. The Morgan fingerprint density at radius 1 is 0.897 bits per heavy atom. The van der Waals surface area contributed by atoms with Gasteiger partial charge in [-0.3, -0.25) is 10.6 Å². The van der Waals surface area contributed by atoms with Crippen molar-refractivity contribution in [2.75, 3.05) is 13.1 Å². The van der Waals surface area contributed by atoms with Crippen LogP contribution in [0.5, 0.6) is 0 Å². The molecule has 5 rings (SSSR count). The van der Waals surface area contributed by atoms with Crippen molar-refractivity contribution in [3.63, 3.8) is 0 Å². The number of likely N-dealkylation sites (tertiary alicyclic amines) is 1. The zero-order chi connectivity index (χ0) is 27.9. The molecular weight excluding hydrogens is 556 g/mol. The fourth-order valence-electron chi connectivity index (χ4n) is 4.64. The maximum atomic E-state index is 14.2. The molecule has 1 aromatic carbocycles. The van der Waals surface area contributed by atoms with Gasteiger partial charge in [0.15, 0.2) is 5.69 Å². The molecule has 210 valence electrons. The summed E-state index contributed by atoms with van der Waals surface area (Å²) in [6, 6.07) is 2.19. The molecule has 0 saturated carbocycles. The number of piperidine rings is 1. The Hall–Kier alpha value is -3.04. The van der Waals surface area contributed by atoms with E-state index in [1.165, 1.54) is 17.5 Å². The zero-order valence-electron chi connectivity index (χ0n) is 20.1. The average molecular weight is 579 g/mol. The first kappa shape index (κ1) is 27.5. The van der Waals surface area contributed by atoms with Gasteiger partial charge in [0.25, 0.3) is 0 Å². The van der Waals surface area contributed by atoms with Crippen molar-refractivity contribution in [3.05, 3.63) is 74.6 Å². The molecule has 2 aliphatic rings. The van der Waals surface area contributed by atoms with Crippen LogP contribution < -0.4 is 10.6 Å². The number of nitrogens with one attached hydrogen (secondary N) is 2. The van der Waals surface area contributed by atoms with Crippen molar-refractivity contribution >= 4 is 17.5 Å².